The van der Waals surface area contributed by atoms with Crippen molar-refractivity contribution in [3.63, 3.8) is 0 Å². The lowest BCUT2D eigenvalue weighted by molar-refractivity contribution is 0.396. The zero-order chi connectivity index (χ0) is 13.9. The molecule has 1 aromatic carbocycles. The second-order valence-electron chi connectivity index (χ2n) is 5.75. The van der Waals surface area contributed by atoms with Crippen LogP contribution in [0.4, 0.5) is 0 Å². The number of hydrogen-bond donors (Lipinski definition) is 1. The normalized spacial score (nSPS) is 18.1. The molecule has 0 heterocycles. The molecule has 0 aliphatic heterocycles. The van der Waals surface area contributed by atoms with Crippen molar-refractivity contribution in [3.8, 4) is 5.75 Å². The van der Waals surface area contributed by atoms with Gasteiger partial charge in [-0.3, -0.25) is 0 Å². The van der Waals surface area contributed by atoms with E-state index in [4.69, 9.17) is 4.74 Å². The Hall–Kier alpha value is -0.540. The Bertz CT molecular complexity index is 429. The highest BCUT2D eigenvalue weighted by molar-refractivity contribution is 9.10. The molecular formula is C16H24BrNO. The molecule has 0 amide bonds. The first kappa shape index (κ1) is 14.9. The summed E-state index contributed by atoms with van der Waals surface area (Å²) in [7, 11) is 1.70. The Balaban J connectivity index is 1.93. The minimum atomic E-state index is 0.386. The summed E-state index contributed by atoms with van der Waals surface area (Å²) in [5.74, 6) is 0.889. The van der Waals surface area contributed by atoms with E-state index in [9.17, 15) is 0 Å². The lowest BCUT2D eigenvalue weighted by Gasteiger charge is -2.20. The van der Waals surface area contributed by atoms with E-state index in [0.717, 1.165) is 16.8 Å². The van der Waals surface area contributed by atoms with Crippen LogP contribution in [0.25, 0.3) is 0 Å². The maximum Gasteiger partial charge on any atom is 0.133 e. The highest BCUT2D eigenvalue weighted by Gasteiger charge is 2.41. The van der Waals surface area contributed by atoms with Crippen molar-refractivity contribution in [2.75, 3.05) is 13.7 Å². The van der Waals surface area contributed by atoms with Crippen molar-refractivity contribution < 1.29 is 4.74 Å². The maximum absolute atomic E-state index is 5.27. The largest absolute Gasteiger partial charge is 0.496 e. The summed E-state index contributed by atoms with van der Waals surface area (Å²) in [6.45, 7) is 5.66. The summed E-state index contributed by atoms with van der Waals surface area (Å²) in [5.41, 5.74) is 1.91. The van der Waals surface area contributed by atoms with E-state index < -0.39 is 0 Å². The van der Waals surface area contributed by atoms with Crippen LogP contribution in [0, 0.1) is 5.41 Å². The molecule has 1 unspecified atom stereocenters. The first-order chi connectivity index (χ1) is 9.10. The van der Waals surface area contributed by atoms with E-state index in [-0.39, 0.29) is 0 Å². The SMILES string of the molecule is CCCC1(CNC(C)c2ccc(OC)c(Br)c2)CC1. The van der Waals surface area contributed by atoms with E-state index in [1.54, 1.807) is 7.11 Å². The van der Waals surface area contributed by atoms with Crippen molar-refractivity contribution >= 4 is 15.9 Å². The van der Waals surface area contributed by atoms with Crippen LogP contribution in [0.5, 0.6) is 5.75 Å². The number of methoxy groups -OCH3 is 1. The van der Waals surface area contributed by atoms with Crippen LogP contribution < -0.4 is 10.1 Å². The van der Waals surface area contributed by atoms with Crippen molar-refractivity contribution in [2.45, 2.75) is 45.6 Å². The molecule has 1 fully saturated rings. The molecule has 0 saturated heterocycles. The minimum Gasteiger partial charge on any atom is -0.496 e. The van der Waals surface area contributed by atoms with Crippen LogP contribution in [-0.4, -0.2) is 13.7 Å². The molecule has 19 heavy (non-hydrogen) atoms. The fraction of sp³-hybridized carbons (Fsp3) is 0.625. The molecule has 1 atom stereocenters. The van der Waals surface area contributed by atoms with Crippen molar-refractivity contribution in [1.29, 1.82) is 0 Å². The fourth-order valence-electron chi connectivity index (χ4n) is 2.66. The van der Waals surface area contributed by atoms with E-state index in [0.29, 0.717) is 11.5 Å². The predicted octanol–water partition coefficient (Wildman–Crippen LogP) is 4.69. The third kappa shape index (κ3) is 3.73. The van der Waals surface area contributed by atoms with Gasteiger partial charge in [0.05, 0.1) is 11.6 Å². The van der Waals surface area contributed by atoms with Gasteiger partial charge in [-0.1, -0.05) is 19.4 Å². The van der Waals surface area contributed by atoms with Crippen molar-refractivity contribution in [2.24, 2.45) is 5.41 Å². The average molecular weight is 326 g/mol. The second kappa shape index (κ2) is 6.27. The van der Waals surface area contributed by atoms with Gasteiger partial charge in [0.2, 0.25) is 0 Å². The Morgan fingerprint density at radius 3 is 2.68 bits per heavy atom. The van der Waals surface area contributed by atoms with Gasteiger partial charge >= 0.3 is 0 Å². The van der Waals surface area contributed by atoms with Gasteiger partial charge in [-0.25, -0.2) is 0 Å². The number of halogens is 1. The molecule has 106 valence electrons. The van der Waals surface area contributed by atoms with E-state index in [2.05, 4.69) is 47.2 Å². The van der Waals surface area contributed by atoms with Crippen molar-refractivity contribution in [3.05, 3.63) is 28.2 Å². The van der Waals surface area contributed by atoms with Gasteiger partial charge in [0.25, 0.3) is 0 Å². The predicted molar refractivity (Wildman–Crippen MR) is 83.7 cm³/mol. The summed E-state index contributed by atoms with van der Waals surface area (Å²) in [5, 5.41) is 3.69. The van der Waals surface area contributed by atoms with Crippen LogP contribution in [0.1, 0.15) is 51.1 Å². The van der Waals surface area contributed by atoms with Crippen LogP contribution in [-0.2, 0) is 0 Å². The molecule has 1 saturated carbocycles. The number of rotatable bonds is 7. The van der Waals surface area contributed by atoms with Crippen molar-refractivity contribution in [1.82, 2.24) is 5.32 Å². The van der Waals surface area contributed by atoms with Gasteiger partial charge in [0.1, 0.15) is 5.75 Å². The number of hydrogen-bond acceptors (Lipinski definition) is 2. The molecule has 0 radical (unpaired) electrons. The lowest BCUT2D eigenvalue weighted by Crippen LogP contribution is -2.26. The zero-order valence-electron chi connectivity index (χ0n) is 12.1. The van der Waals surface area contributed by atoms with Gasteiger partial charge < -0.3 is 10.1 Å². The quantitative estimate of drug-likeness (QED) is 0.785. The van der Waals surface area contributed by atoms with E-state index in [1.807, 2.05) is 6.07 Å². The highest BCUT2D eigenvalue weighted by Crippen LogP contribution is 2.49. The summed E-state index contributed by atoms with van der Waals surface area (Å²) in [6.07, 6.45) is 5.45. The Morgan fingerprint density at radius 1 is 1.42 bits per heavy atom. The average Bonchev–Trinajstić information content (AvgIpc) is 3.16. The molecular weight excluding hydrogens is 302 g/mol. The standard InChI is InChI=1S/C16H24BrNO/c1-4-7-16(8-9-16)11-18-12(2)13-5-6-15(19-3)14(17)10-13/h5-6,10,12,18H,4,7-9,11H2,1-3H3. The molecule has 1 aromatic rings. The summed E-state index contributed by atoms with van der Waals surface area (Å²) in [6, 6.07) is 6.70. The third-order valence-electron chi connectivity index (χ3n) is 4.20. The van der Waals surface area contributed by atoms with Gasteiger partial charge in [0.15, 0.2) is 0 Å². The van der Waals surface area contributed by atoms with E-state index >= 15 is 0 Å². The first-order valence-corrected chi connectivity index (χ1v) is 7.96. The minimum absolute atomic E-state index is 0.386. The molecule has 0 bridgehead atoms. The lowest BCUT2D eigenvalue weighted by atomic mass is 9.99. The monoisotopic (exact) mass is 325 g/mol. The number of benzene rings is 1. The van der Waals surface area contributed by atoms with Gasteiger partial charge in [-0.15, -0.1) is 0 Å². The summed E-state index contributed by atoms with van der Waals surface area (Å²) >= 11 is 3.55. The highest BCUT2D eigenvalue weighted by atomic mass is 79.9. The van der Waals surface area contributed by atoms with Crippen LogP contribution in [0.3, 0.4) is 0 Å². The van der Waals surface area contributed by atoms with Gasteiger partial charge in [0, 0.05) is 12.6 Å². The Labute approximate surface area is 125 Å². The molecule has 1 aliphatic rings. The summed E-state index contributed by atoms with van der Waals surface area (Å²) in [4.78, 5) is 0. The van der Waals surface area contributed by atoms with Crippen LogP contribution >= 0.6 is 15.9 Å². The topological polar surface area (TPSA) is 21.3 Å². The molecule has 1 N–H and O–H groups in total. The Morgan fingerprint density at radius 2 is 2.16 bits per heavy atom. The van der Waals surface area contributed by atoms with Gasteiger partial charge in [-0.05, 0) is 65.2 Å². The smallest absolute Gasteiger partial charge is 0.133 e. The second-order valence-corrected chi connectivity index (χ2v) is 6.60. The van der Waals surface area contributed by atoms with Crippen LogP contribution in [0.2, 0.25) is 0 Å². The third-order valence-corrected chi connectivity index (χ3v) is 4.82. The molecule has 3 heteroatoms. The molecule has 0 spiro atoms. The van der Waals surface area contributed by atoms with E-state index in [1.165, 1.54) is 31.2 Å². The van der Waals surface area contributed by atoms with Crippen LogP contribution in [0.15, 0.2) is 22.7 Å². The molecule has 2 rings (SSSR count). The maximum atomic E-state index is 5.27. The first-order valence-electron chi connectivity index (χ1n) is 7.17. The molecule has 0 aromatic heterocycles. The number of ether oxygens (including phenoxy) is 1. The zero-order valence-corrected chi connectivity index (χ0v) is 13.7. The molecule has 1 aliphatic carbocycles. The molecule has 2 nitrogen and oxygen atoms in total. The fourth-order valence-corrected chi connectivity index (χ4v) is 3.22. The number of nitrogens with one attached hydrogen (secondary N) is 1. The summed E-state index contributed by atoms with van der Waals surface area (Å²) < 4.78 is 6.29. The van der Waals surface area contributed by atoms with Gasteiger partial charge in [-0.2, -0.15) is 0 Å². The Kier molecular flexibility index (Phi) is 4.91.